The topological polar surface area (TPSA) is 12.0 Å². The molecule has 0 aliphatic heterocycles. The molecule has 17 heavy (non-hydrogen) atoms. The second-order valence-corrected chi connectivity index (χ2v) is 5.90. The third-order valence-corrected chi connectivity index (χ3v) is 4.32. The Morgan fingerprint density at radius 2 is 1.71 bits per heavy atom. The number of aryl methyl sites for hydroxylation is 2. The van der Waals surface area contributed by atoms with E-state index in [1.807, 2.05) is 0 Å². The minimum atomic E-state index is 0.714. The van der Waals surface area contributed by atoms with E-state index in [1.165, 1.54) is 29.5 Å². The Morgan fingerprint density at radius 3 is 2.24 bits per heavy atom. The van der Waals surface area contributed by atoms with E-state index in [1.54, 1.807) is 0 Å². The maximum atomic E-state index is 3.73. The van der Waals surface area contributed by atoms with Gasteiger partial charge in [0.25, 0.3) is 0 Å². The summed E-state index contributed by atoms with van der Waals surface area (Å²) in [6.45, 7) is 10.1. The highest BCUT2D eigenvalue weighted by molar-refractivity contribution is 5.28. The molecule has 0 radical (unpaired) electrons. The highest BCUT2D eigenvalue weighted by Crippen LogP contribution is 2.31. The summed E-state index contributed by atoms with van der Waals surface area (Å²) in [6, 6.07) is 7.54. The molecule has 0 bridgehead atoms. The van der Waals surface area contributed by atoms with Gasteiger partial charge in [-0.05, 0) is 44.1 Å². The van der Waals surface area contributed by atoms with Gasteiger partial charge in [0, 0.05) is 12.6 Å². The molecule has 1 aliphatic rings. The fourth-order valence-corrected chi connectivity index (χ4v) is 3.07. The van der Waals surface area contributed by atoms with Gasteiger partial charge < -0.3 is 5.32 Å². The van der Waals surface area contributed by atoms with Gasteiger partial charge in [-0.3, -0.25) is 0 Å². The van der Waals surface area contributed by atoms with Crippen LogP contribution in [0.25, 0.3) is 0 Å². The molecule has 3 atom stereocenters. The lowest BCUT2D eigenvalue weighted by Crippen LogP contribution is -2.31. The first-order chi connectivity index (χ1) is 8.06. The van der Waals surface area contributed by atoms with Crippen molar-refractivity contribution in [3.63, 3.8) is 0 Å². The minimum Gasteiger partial charge on any atom is -0.310 e. The highest BCUT2D eigenvalue weighted by atomic mass is 14.9. The van der Waals surface area contributed by atoms with Crippen LogP contribution in [0.4, 0.5) is 0 Å². The van der Waals surface area contributed by atoms with Gasteiger partial charge in [0.15, 0.2) is 0 Å². The number of benzene rings is 1. The molecule has 1 nitrogen and oxygen atoms in total. The summed E-state index contributed by atoms with van der Waals surface area (Å²) < 4.78 is 0. The lowest BCUT2D eigenvalue weighted by atomic mass is 9.97. The SMILES string of the molecule is Cc1cc(C)cc(CNC2CCC(C)C2C)c1. The fourth-order valence-electron chi connectivity index (χ4n) is 3.07. The van der Waals surface area contributed by atoms with E-state index in [4.69, 9.17) is 0 Å². The lowest BCUT2D eigenvalue weighted by molar-refractivity contribution is 0.370. The molecule has 1 aliphatic carbocycles. The van der Waals surface area contributed by atoms with Crippen LogP contribution >= 0.6 is 0 Å². The van der Waals surface area contributed by atoms with E-state index in [-0.39, 0.29) is 0 Å². The van der Waals surface area contributed by atoms with Gasteiger partial charge in [-0.2, -0.15) is 0 Å². The Balaban J connectivity index is 1.94. The van der Waals surface area contributed by atoms with Crippen LogP contribution < -0.4 is 5.32 Å². The summed E-state index contributed by atoms with van der Waals surface area (Å²) in [4.78, 5) is 0. The maximum absolute atomic E-state index is 3.73. The zero-order valence-corrected chi connectivity index (χ0v) is 11.6. The van der Waals surface area contributed by atoms with Crippen LogP contribution in [0.15, 0.2) is 18.2 Å². The van der Waals surface area contributed by atoms with Gasteiger partial charge in [0.05, 0.1) is 0 Å². The van der Waals surface area contributed by atoms with Gasteiger partial charge in [-0.1, -0.05) is 43.2 Å². The number of hydrogen-bond donors (Lipinski definition) is 1. The standard InChI is InChI=1S/C16H25N/c1-11-7-12(2)9-15(8-11)10-17-16-6-5-13(3)14(16)4/h7-9,13-14,16-17H,5-6,10H2,1-4H3. The summed E-state index contributed by atoms with van der Waals surface area (Å²) in [7, 11) is 0. The van der Waals surface area contributed by atoms with Crippen LogP contribution in [-0.2, 0) is 6.54 Å². The molecule has 94 valence electrons. The van der Waals surface area contributed by atoms with Gasteiger partial charge in [0.1, 0.15) is 0 Å². The predicted octanol–water partition coefficient (Wildman–Crippen LogP) is 3.83. The van der Waals surface area contributed by atoms with Gasteiger partial charge in [-0.25, -0.2) is 0 Å². The third kappa shape index (κ3) is 3.10. The molecule has 0 heterocycles. The summed E-state index contributed by atoms with van der Waals surface area (Å²) in [5, 5.41) is 3.73. The second-order valence-electron chi connectivity index (χ2n) is 5.90. The van der Waals surface area contributed by atoms with Crippen molar-refractivity contribution in [3.05, 3.63) is 34.9 Å². The molecule has 3 unspecified atom stereocenters. The van der Waals surface area contributed by atoms with Gasteiger partial charge >= 0.3 is 0 Å². The average Bonchev–Trinajstić information content (AvgIpc) is 2.56. The minimum absolute atomic E-state index is 0.714. The van der Waals surface area contributed by atoms with Crippen molar-refractivity contribution >= 4 is 0 Å². The molecule has 0 spiro atoms. The van der Waals surface area contributed by atoms with E-state index >= 15 is 0 Å². The molecule has 0 amide bonds. The first kappa shape index (κ1) is 12.6. The maximum Gasteiger partial charge on any atom is 0.0208 e. The quantitative estimate of drug-likeness (QED) is 0.833. The number of nitrogens with one attached hydrogen (secondary N) is 1. The summed E-state index contributed by atoms with van der Waals surface area (Å²) in [5.74, 6) is 1.70. The summed E-state index contributed by atoms with van der Waals surface area (Å²) >= 11 is 0. The van der Waals surface area contributed by atoms with Crippen molar-refractivity contribution in [3.8, 4) is 0 Å². The Hall–Kier alpha value is -0.820. The summed E-state index contributed by atoms with van der Waals surface area (Å²) in [5.41, 5.74) is 4.17. The van der Waals surface area contributed by atoms with Crippen molar-refractivity contribution in [1.29, 1.82) is 0 Å². The fraction of sp³-hybridized carbons (Fsp3) is 0.625. The van der Waals surface area contributed by atoms with Gasteiger partial charge in [0.2, 0.25) is 0 Å². The lowest BCUT2D eigenvalue weighted by Gasteiger charge is -2.20. The first-order valence-corrected chi connectivity index (χ1v) is 6.87. The van der Waals surface area contributed by atoms with Crippen LogP contribution in [0.3, 0.4) is 0 Å². The molecule has 0 aromatic heterocycles. The number of hydrogen-bond acceptors (Lipinski definition) is 1. The largest absolute Gasteiger partial charge is 0.310 e. The Kier molecular flexibility index (Phi) is 3.88. The normalized spacial score (nSPS) is 28.6. The van der Waals surface area contributed by atoms with E-state index in [2.05, 4.69) is 51.2 Å². The molecule has 1 saturated carbocycles. The van der Waals surface area contributed by atoms with E-state index in [9.17, 15) is 0 Å². The smallest absolute Gasteiger partial charge is 0.0208 e. The Labute approximate surface area is 106 Å². The van der Waals surface area contributed by atoms with Crippen molar-refractivity contribution in [2.45, 2.75) is 53.1 Å². The molecule has 1 heteroatoms. The molecule has 1 N–H and O–H groups in total. The van der Waals surface area contributed by atoms with Crippen molar-refractivity contribution < 1.29 is 0 Å². The molecule has 1 aromatic carbocycles. The monoisotopic (exact) mass is 231 g/mol. The zero-order valence-electron chi connectivity index (χ0n) is 11.6. The van der Waals surface area contributed by atoms with Crippen LogP contribution in [0.5, 0.6) is 0 Å². The predicted molar refractivity (Wildman–Crippen MR) is 74.1 cm³/mol. The molecule has 1 aromatic rings. The third-order valence-electron chi connectivity index (χ3n) is 4.32. The van der Waals surface area contributed by atoms with E-state index in [0.29, 0.717) is 6.04 Å². The van der Waals surface area contributed by atoms with Gasteiger partial charge in [-0.15, -0.1) is 0 Å². The van der Waals surface area contributed by atoms with Crippen LogP contribution in [0, 0.1) is 25.7 Å². The molecule has 0 saturated heterocycles. The zero-order chi connectivity index (χ0) is 12.4. The summed E-state index contributed by atoms with van der Waals surface area (Å²) in [6.07, 6.45) is 2.72. The van der Waals surface area contributed by atoms with Crippen LogP contribution in [0.2, 0.25) is 0 Å². The second kappa shape index (κ2) is 5.22. The van der Waals surface area contributed by atoms with Crippen LogP contribution in [-0.4, -0.2) is 6.04 Å². The van der Waals surface area contributed by atoms with Crippen molar-refractivity contribution in [1.82, 2.24) is 5.32 Å². The average molecular weight is 231 g/mol. The molecule has 2 rings (SSSR count). The molecule has 1 fully saturated rings. The molecular weight excluding hydrogens is 206 g/mol. The Morgan fingerprint density at radius 1 is 1.06 bits per heavy atom. The van der Waals surface area contributed by atoms with Crippen LogP contribution in [0.1, 0.15) is 43.4 Å². The first-order valence-electron chi connectivity index (χ1n) is 6.87. The van der Waals surface area contributed by atoms with Crippen molar-refractivity contribution in [2.24, 2.45) is 11.8 Å². The van der Waals surface area contributed by atoms with E-state index in [0.717, 1.165) is 18.4 Å². The van der Waals surface area contributed by atoms with E-state index < -0.39 is 0 Å². The Bertz CT molecular complexity index is 363. The van der Waals surface area contributed by atoms with Crippen molar-refractivity contribution in [2.75, 3.05) is 0 Å². The number of rotatable bonds is 3. The molecular formula is C16H25N. The highest BCUT2D eigenvalue weighted by Gasteiger charge is 2.28.